The Kier molecular flexibility index (Phi) is 9.35. The first-order valence-electron chi connectivity index (χ1n) is 9.08. The molecule has 1 saturated heterocycles. The first kappa shape index (κ1) is 22.7. The zero-order valence-corrected chi connectivity index (χ0v) is 18.5. The van der Waals surface area contributed by atoms with Crippen LogP contribution >= 0.6 is 24.0 Å². The van der Waals surface area contributed by atoms with Crippen molar-refractivity contribution in [2.24, 2.45) is 16.6 Å². The van der Waals surface area contributed by atoms with Crippen molar-refractivity contribution in [2.75, 3.05) is 19.6 Å². The molecule has 0 spiro atoms. The molecule has 0 aromatic heterocycles. The Hall–Kier alpha value is -1.35. The summed E-state index contributed by atoms with van der Waals surface area (Å²) in [7, 11) is 0. The van der Waals surface area contributed by atoms with Gasteiger partial charge in [-0.3, -0.25) is 9.69 Å². The van der Waals surface area contributed by atoms with Crippen molar-refractivity contribution in [2.45, 2.75) is 46.3 Å². The first-order valence-corrected chi connectivity index (χ1v) is 9.08. The number of benzene rings is 1. The minimum atomic E-state index is -0.413. The lowest BCUT2D eigenvalue weighted by Gasteiger charge is -2.22. The second kappa shape index (κ2) is 10.7. The molecule has 146 valence electrons. The maximum absolute atomic E-state index is 11.3. The van der Waals surface area contributed by atoms with E-state index < -0.39 is 5.91 Å². The summed E-state index contributed by atoms with van der Waals surface area (Å²) in [6.45, 7) is 12.3. The molecule has 0 bridgehead atoms. The third-order valence-corrected chi connectivity index (χ3v) is 4.67. The van der Waals surface area contributed by atoms with Gasteiger partial charge in [-0.2, -0.15) is 0 Å². The van der Waals surface area contributed by atoms with Crippen LogP contribution in [-0.4, -0.2) is 48.5 Å². The largest absolute Gasteiger partial charge is 0.366 e. The van der Waals surface area contributed by atoms with E-state index in [4.69, 9.17) is 5.73 Å². The lowest BCUT2D eigenvalue weighted by molar-refractivity contribution is 0.1000. The summed E-state index contributed by atoms with van der Waals surface area (Å²) in [4.78, 5) is 18.5. The molecule has 2 atom stereocenters. The highest BCUT2D eigenvalue weighted by Gasteiger charge is 2.31. The van der Waals surface area contributed by atoms with E-state index in [0.717, 1.165) is 31.2 Å². The standard InChI is InChI=1S/C19H31N5O.HI/c1-5-21-19(23-17-12-24(13(2)3)11-14(17)4)22-10-15-7-6-8-16(9-15)18(20)25;/h6-9,13-14,17H,5,10-12H2,1-4H3,(H2,20,25)(H2,21,22,23);1H. The van der Waals surface area contributed by atoms with Gasteiger partial charge in [0.05, 0.1) is 6.54 Å². The molecule has 6 nitrogen and oxygen atoms in total. The van der Waals surface area contributed by atoms with Gasteiger partial charge in [-0.25, -0.2) is 4.99 Å². The number of hydrogen-bond donors (Lipinski definition) is 3. The van der Waals surface area contributed by atoms with Crippen molar-refractivity contribution in [1.82, 2.24) is 15.5 Å². The van der Waals surface area contributed by atoms with Gasteiger partial charge in [-0.05, 0) is 44.4 Å². The smallest absolute Gasteiger partial charge is 0.248 e. The summed E-state index contributed by atoms with van der Waals surface area (Å²) in [6, 6.07) is 8.26. The number of halogens is 1. The average molecular weight is 473 g/mol. The molecule has 1 aromatic rings. The predicted octanol–water partition coefficient (Wildman–Crippen LogP) is 2.19. The summed E-state index contributed by atoms with van der Waals surface area (Å²) < 4.78 is 0. The molecule has 2 unspecified atom stereocenters. The molecule has 26 heavy (non-hydrogen) atoms. The Morgan fingerprint density at radius 1 is 1.38 bits per heavy atom. The van der Waals surface area contributed by atoms with E-state index in [2.05, 4.69) is 48.2 Å². The Morgan fingerprint density at radius 2 is 2.12 bits per heavy atom. The van der Waals surface area contributed by atoms with Crippen molar-refractivity contribution in [3.05, 3.63) is 35.4 Å². The molecule has 2 rings (SSSR count). The molecule has 1 heterocycles. The van der Waals surface area contributed by atoms with Gasteiger partial charge in [-0.15, -0.1) is 24.0 Å². The third-order valence-electron chi connectivity index (χ3n) is 4.67. The van der Waals surface area contributed by atoms with Crippen LogP contribution in [0.15, 0.2) is 29.3 Å². The summed E-state index contributed by atoms with van der Waals surface area (Å²) >= 11 is 0. The fourth-order valence-electron chi connectivity index (χ4n) is 3.10. The van der Waals surface area contributed by atoms with Crippen molar-refractivity contribution in [3.8, 4) is 0 Å². The molecule has 1 aromatic carbocycles. The topological polar surface area (TPSA) is 82.7 Å². The first-order chi connectivity index (χ1) is 11.9. The monoisotopic (exact) mass is 473 g/mol. The van der Waals surface area contributed by atoms with Crippen LogP contribution in [0.2, 0.25) is 0 Å². The summed E-state index contributed by atoms with van der Waals surface area (Å²) in [5.74, 6) is 0.975. The number of nitrogens with zero attached hydrogens (tertiary/aromatic N) is 2. The number of amides is 1. The number of primary amides is 1. The van der Waals surface area contributed by atoms with Crippen LogP contribution in [0.5, 0.6) is 0 Å². The molecule has 0 aliphatic carbocycles. The lowest BCUT2D eigenvalue weighted by Crippen LogP contribution is -2.46. The molecule has 1 fully saturated rings. The number of nitrogens with one attached hydrogen (secondary N) is 2. The second-order valence-corrected chi connectivity index (χ2v) is 7.04. The Morgan fingerprint density at radius 3 is 2.69 bits per heavy atom. The van der Waals surface area contributed by atoms with Gasteiger partial charge in [-0.1, -0.05) is 19.1 Å². The number of rotatable bonds is 6. The van der Waals surface area contributed by atoms with Crippen LogP contribution < -0.4 is 16.4 Å². The fourth-order valence-corrected chi connectivity index (χ4v) is 3.10. The fraction of sp³-hybridized carbons (Fsp3) is 0.579. The summed E-state index contributed by atoms with van der Waals surface area (Å²) in [5.41, 5.74) is 6.83. The zero-order chi connectivity index (χ0) is 18.4. The molecule has 1 aliphatic heterocycles. The van der Waals surface area contributed by atoms with Crippen molar-refractivity contribution in [1.29, 1.82) is 0 Å². The molecule has 0 radical (unpaired) electrons. The highest BCUT2D eigenvalue weighted by Crippen LogP contribution is 2.18. The van der Waals surface area contributed by atoms with E-state index in [-0.39, 0.29) is 24.0 Å². The van der Waals surface area contributed by atoms with Gasteiger partial charge in [0.25, 0.3) is 0 Å². The maximum atomic E-state index is 11.3. The van der Waals surface area contributed by atoms with Crippen LogP contribution in [0, 0.1) is 5.92 Å². The van der Waals surface area contributed by atoms with Gasteiger partial charge in [0, 0.05) is 37.3 Å². The molecule has 7 heteroatoms. The van der Waals surface area contributed by atoms with Crippen LogP contribution in [0.4, 0.5) is 0 Å². The second-order valence-electron chi connectivity index (χ2n) is 7.04. The van der Waals surface area contributed by atoms with E-state index in [9.17, 15) is 4.79 Å². The van der Waals surface area contributed by atoms with E-state index >= 15 is 0 Å². The Labute approximate surface area is 174 Å². The van der Waals surface area contributed by atoms with Crippen molar-refractivity contribution >= 4 is 35.8 Å². The molecular formula is C19H32IN5O. The molecule has 1 aliphatic rings. The Bertz CT molecular complexity index is 620. The predicted molar refractivity (Wildman–Crippen MR) is 118 cm³/mol. The van der Waals surface area contributed by atoms with E-state index in [1.807, 2.05) is 12.1 Å². The SMILES string of the molecule is CCNC(=NCc1cccc(C(N)=O)c1)NC1CN(C(C)C)CC1C.I. The van der Waals surface area contributed by atoms with Crippen LogP contribution in [0.3, 0.4) is 0 Å². The van der Waals surface area contributed by atoms with E-state index in [0.29, 0.717) is 30.1 Å². The third kappa shape index (κ3) is 6.42. The molecular weight excluding hydrogens is 441 g/mol. The Balaban J connectivity index is 0.00000338. The van der Waals surface area contributed by atoms with Gasteiger partial charge in [0.15, 0.2) is 5.96 Å². The van der Waals surface area contributed by atoms with E-state index in [1.165, 1.54) is 0 Å². The van der Waals surface area contributed by atoms with Gasteiger partial charge in [0.2, 0.25) is 5.91 Å². The van der Waals surface area contributed by atoms with Gasteiger partial charge in [0.1, 0.15) is 0 Å². The quantitative estimate of drug-likeness (QED) is 0.336. The van der Waals surface area contributed by atoms with Gasteiger partial charge < -0.3 is 16.4 Å². The number of carbonyl (C=O) groups is 1. The highest BCUT2D eigenvalue weighted by molar-refractivity contribution is 14.0. The number of carbonyl (C=O) groups excluding carboxylic acids is 1. The van der Waals surface area contributed by atoms with Crippen molar-refractivity contribution in [3.63, 3.8) is 0 Å². The number of guanidine groups is 1. The van der Waals surface area contributed by atoms with Crippen LogP contribution in [0.1, 0.15) is 43.6 Å². The molecule has 0 saturated carbocycles. The highest BCUT2D eigenvalue weighted by atomic mass is 127. The minimum Gasteiger partial charge on any atom is -0.366 e. The zero-order valence-electron chi connectivity index (χ0n) is 16.2. The molecule has 1 amide bonds. The summed E-state index contributed by atoms with van der Waals surface area (Å²) in [6.07, 6.45) is 0. The van der Waals surface area contributed by atoms with Crippen LogP contribution in [-0.2, 0) is 6.54 Å². The minimum absolute atomic E-state index is 0. The van der Waals surface area contributed by atoms with E-state index in [1.54, 1.807) is 12.1 Å². The average Bonchev–Trinajstić information content (AvgIpc) is 2.94. The molecule has 4 N–H and O–H groups in total. The van der Waals surface area contributed by atoms with Gasteiger partial charge >= 0.3 is 0 Å². The summed E-state index contributed by atoms with van der Waals surface area (Å²) in [5, 5.41) is 6.88. The number of likely N-dealkylation sites (tertiary alicyclic amines) is 1. The number of hydrogen-bond acceptors (Lipinski definition) is 3. The van der Waals surface area contributed by atoms with Crippen molar-refractivity contribution < 1.29 is 4.79 Å². The number of nitrogens with two attached hydrogens (primary N) is 1. The lowest BCUT2D eigenvalue weighted by atomic mass is 10.1. The maximum Gasteiger partial charge on any atom is 0.248 e. The normalized spacial score (nSPS) is 20.7. The van der Waals surface area contributed by atoms with Crippen LogP contribution in [0.25, 0.3) is 0 Å². The number of aliphatic imine (C=N–C) groups is 1.